The minimum atomic E-state index is -0.110. The second-order valence-corrected chi connectivity index (χ2v) is 8.25. The molecule has 3 aliphatic rings. The number of nitrogens with one attached hydrogen (secondary N) is 2. The number of H-pyrrole nitrogens is 1. The lowest BCUT2D eigenvalue weighted by Crippen LogP contribution is -2.60. The molecule has 2 N–H and O–H groups in total. The number of hydrogen-bond acceptors (Lipinski definition) is 4. The minimum Gasteiger partial charge on any atom is -0.348 e. The van der Waals surface area contributed by atoms with E-state index >= 15 is 0 Å². The Hall–Kier alpha value is -1.40. The number of carbonyl (C=O) groups is 1. The van der Waals surface area contributed by atoms with Crippen LogP contribution < -0.4 is 5.32 Å². The van der Waals surface area contributed by atoms with Gasteiger partial charge in [0.25, 0.3) is 0 Å². The number of carbonyl (C=O) groups excluding carboxylic acids is 1. The van der Waals surface area contributed by atoms with Crippen LogP contribution in [-0.2, 0) is 16.8 Å². The number of imidazole rings is 1. The van der Waals surface area contributed by atoms with Crippen LogP contribution >= 0.6 is 0 Å². The van der Waals surface area contributed by atoms with Crippen molar-refractivity contribution in [3.05, 3.63) is 17.7 Å². The molecule has 0 unspecified atom stereocenters. The molecule has 1 aromatic rings. The van der Waals surface area contributed by atoms with Gasteiger partial charge in [-0.15, -0.1) is 0 Å². The van der Waals surface area contributed by atoms with Crippen molar-refractivity contribution in [2.75, 3.05) is 26.2 Å². The van der Waals surface area contributed by atoms with E-state index in [2.05, 4.69) is 38.9 Å². The van der Waals surface area contributed by atoms with Gasteiger partial charge in [0.2, 0.25) is 5.91 Å². The van der Waals surface area contributed by atoms with Gasteiger partial charge in [0, 0.05) is 44.3 Å². The molecule has 1 aliphatic carbocycles. The molecule has 1 spiro atoms. The lowest BCUT2D eigenvalue weighted by molar-refractivity contribution is -0.136. The van der Waals surface area contributed by atoms with Gasteiger partial charge in [-0.05, 0) is 25.7 Å². The fourth-order valence-electron chi connectivity index (χ4n) is 5.39. The molecule has 2 fully saturated rings. The summed E-state index contributed by atoms with van der Waals surface area (Å²) in [7, 11) is 0. The van der Waals surface area contributed by atoms with E-state index in [1.807, 2.05) is 0 Å². The molecule has 0 bridgehead atoms. The van der Waals surface area contributed by atoms with Gasteiger partial charge >= 0.3 is 0 Å². The Kier molecular flexibility index (Phi) is 5.06. The molecule has 6 nitrogen and oxygen atoms in total. The van der Waals surface area contributed by atoms with Crippen LogP contribution in [-0.4, -0.2) is 63.9 Å². The Morgan fingerprint density at radius 1 is 1.23 bits per heavy atom. The molecule has 1 aromatic heterocycles. The van der Waals surface area contributed by atoms with Crippen molar-refractivity contribution in [1.29, 1.82) is 0 Å². The summed E-state index contributed by atoms with van der Waals surface area (Å²) in [5.41, 5.74) is 2.25. The van der Waals surface area contributed by atoms with Crippen LogP contribution in [0.25, 0.3) is 0 Å². The maximum atomic E-state index is 13.3. The topological polar surface area (TPSA) is 64.3 Å². The molecule has 0 aromatic carbocycles. The van der Waals surface area contributed by atoms with Crippen LogP contribution in [0.3, 0.4) is 0 Å². The number of piperazine rings is 1. The third kappa shape index (κ3) is 3.07. The van der Waals surface area contributed by atoms with Crippen molar-refractivity contribution in [3.63, 3.8) is 0 Å². The van der Waals surface area contributed by atoms with E-state index in [0.717, 1.165) is 51.1 Å². The molecule has 4 rings (SSSR count). The average Bonchev–Trinajstić information content (AvgIpc) is 3.33. The van der Waals surface area contributed by atoms with Gasteiger partial charge in [-0.1, -0.05) is 26.7 Å². The lowest BCUT2D eigenvalue weighted by atomic mass is 9.84. The van der Waals surface area contributed by atoms with Crippen LogP contribution in [0.1, 0.15) is 63.8 Å². The van der Waals surface area contributed by atoms with Crippen molar-refractivity contribution in [2.24, 2.45) is 0 Å². The first-order valence-electron chi connectivity index (χ1n) is 10.5. The summed E-state index contributed by atoms with van der Waals surface area (Å²) in [5, 5.41) is 3.74. The smallest absolute Gasteiger partial charge is 0.240 e. The molecule has 144 valence electrons. The minimum absolute atomic E-state index is 0.0781. The summed E-state index contributed by atoms with van der Waals surface area (Å²) in [6.07, 6.45) is 9.55. The monoisotopic (exact) mass is 359 g/mol. The number of amides is 1. The molecule has 2 aliphatic heterocycles. The fraction of sp³-hybridized carbons (Fsp3) is 0.800. The Morgan fingerprint density at radius 3 is 2.58 bits per heavy atom. The van der Waals surface area contributed by atoms with E-state index in [1.54, 1.807) is 6.33 Å². The van der Waals surface area contributed by atoms with Crippen LogP contribution in [0.5, 0.6) is 0 Å². The largest absolute Gasteiger partial charge is 0.348 e. The van der Waals surface area contributed by atoms with Crippen molar-refractivity contribution >= 4 is 5.91 Å². The Bertz CT molecular complexity index is 624. The fourth-order valence-corrected chi connectivity index (χ4v) is 5.39. The first-order chi connectivity index (χ1) is 12.7. The van der Waals surface area contributed by atoms with E-state index in [4.69, 9.17) is 0 Å². The predicted octanol–water partition coefficient (Wildman–Crippen LogP) is 2.03. The van der Waals surface area contributed by atoms with Gasteiger partial charge in [-0.25, -0.2) is 4.98 Å². The van der Waals surface area contributed by atoms with Crippen molar-refractivity contribution in [1.82, 2.24) is 25.1 Å². The standard InChI is InChI=1S/C20H33N5O/c1-3-15(4-2)24-9-11-25(12-10-24)19(26)17-13-16-18(22-14-21-16)20(23-17)7-5-6-8-20/h14-15,17,23H,3-13H2,1-2H3,(H,21,22)/t17-/m0/s1. The zero-order chi connectivity index (χ0) is 18.1. The first kappa shape index (κ1) is 18.0. The molecule has 0 radical (unpaired) electrons. The number of hydrogen-bond donors (Lipinski definition) is 2. The van der Waals surface area contributed by atoms with Gasteiger partial charge in [0.05, 0.1) is 23.6 Å². The maximum Gasteiger partial charge on any atom is 0.240 e. The zero-order valence-electron chi connectivity index (χ0n) is 16.3. The normalized spacial score (nSPS) is 25.8. The summed E-state index contributed by atoms with van der Waals surface area (Å²) in [5.74, 6) is 0.278. The maximum absolute atomic E-state index is 13.3. The van der Waals surface area contributed by atoms with Crippen molar-refractivity contribution in [3.8, 4) is 0 Å². The van der Waals surface area contributed by atoms with E-state index in [9.17, 15) is 4.79 Å². The molecule has 1 saturated carbocycles. The van der Waals surface area contributed by atoms with Gasteiger partial charge in [-0.2, -0.15) is 0 Å². The molecule has 3 heterocycles. The third-order valence-corrected chi connectivity index (χ3v) is 6.87. The molecule has 1 saturated heterocycles. The lowest BCUT2D eigenvalue weighted by Gasteiger charge is -2.43. The number of rotatable bonds is 4. The summed E-state index contributed by atoms with van der Waals surface area (Å²) in [4.78, 5) is 25.8. The quantitative estimate of drug-likeness (QED) is 0.863. The van der Waals surface area contributed by atoms with Crippen molar-refractivity contribution < 1.29 is 4.79 Å². The highest BCUT2D eigenvalue weighted by atomic mass is 16.2. The van der Waals surface area contributed by atoms with Gasteiger partial charge < -0.3 is 9.88 Å². The summed E-state index contributed by atoms with van der Waals surface area (Å²) in [6.45, 7) is 8.25. The van der Waals surface area contributed by atoms with Gasteiger partial charge in [-0.3, -0.25) is 15.0 Å². The average molecular weight is 360 g/mol. The van der Waals surface area contributed by atoms with Gasteiger partial charge in [0.15, 0.2) is 0 Å². The number of aromatic amines is 1. The van der Waals surface area contributed by atoms with E-state index < -0.39 is 0 Å². The SMILES string of the molecule is CCC(CC)N1CCN(C(=O)[C@@H]2Cc3[nH]cnc3C3(CCCC3)N2)CC1. The number of nitrogens with zero attached hydrogens (tertiary/aromatic N) is 3. The highest BCUT2D eigenvalue weighted by molar-refractivity contribution is 5.83. The molecular formula is C20H33N5O. The third-order valence-electron chi connectivity index (χ3n) is 6.87. The number of fused-ring (bicyclic) bond motifs is 2. The van der Waals surface area contributed by atoms with E-state index in [-0.39, 0.29) is 17.5 Å². The summed E-state index contributed by atoms with van der Waals surface area (Å²) >= 11 is 0. The highest BCUT2D eigenvalue weighted by Gasteiger charge is 2.46. The van der Waals surface area contributed by atoms with Crippen molar-refractivity contribution in [2.45, 2.75) is 76.4 Å². The summed E-state index contributed by atoms with van der Waals surface area (Å²) < 4.78 is 0. The summed E-state index contributed by atoms with van der Waals surface area (Å²) in [6, 6.07) is 0.551. The first-order valence-corrected chi connectivity index (χ1v) is 10.5. The van der Waals surface area contributed by atoms with Crippen LogP contribution in [0.15, 0.2) is 6.33 Å². The van der Waals surface area contributed by atoms with E-state index in [1.165, 1.54) is 31.4 Å². The van der Waals surface area contributed by atoms with Gasteiger partial charge in [0.1, 0.15) is 0 Å². The Balaban J connectivity index is 1.43. The molecule has 1 amide bonds. The van der Waals surface area contributed by atoms with E-state index in [0.29, 0.717) is 6.04 Å². The van der Waals surface area contributed by atoms with Crippen LogP contribution in [0.2, 0.25) is 0 Å². The number of aromatic nitrogens is 2. The second-order valence-electron chi connectivity index (χ2n) is 8.25. The molecule has 26 heavy (non-hydrogen) atoms. The molecule has 1 atom stereocenters. The Labute approximate surface area is 156 Å². The highest BCUT2D eigenvalue weighted by Crippen LogP contribution is 2.42. The molecule has 6 heteroatoms. The second kappa shape index (κ2) is 7.31. The van der Waals surface area contributed by atoms with Crippen LogP contribution in [0, 0.1) is 0 Å². The predicted molar refractivity (Wildman–Crippen MR) is 102 cm³/mol. The zero-order valence-corrected chi connectivity index (χ0v) is 16.3. The molecular weight excluding hydrogens is 326 g/mol. The van der Waals surface area contributed by atoms with Crippen LogP contribution in [0.4, 0.5) is 0 Å². The Morgan fingerprint density at radius 2 is 1.92 bits per heavy atom.